The van der Waals surface area contributed by atoms with Crippen LogP contribution in [-0.4, -0.2) is 46.6 Å². The molecule has 21 heavy (non-hydrogen) atoms. The third-order valence-electron chi connectivity index (χ3n) is 2.44. The summed E-state index contributed by atoms with van der Waals surface area (Å²) in [5.41, 5.74) is 4.97. The number of nitrogens with two attached hydrogens (primary N) is 1. The fourth-order valence-corrected chi connectivity index (χ4v) is 2.43. The smallest absolute Gasteiger partial charge is 0.323 e. The van der Waals surface area contributed by atoms with E-state index in [0.29, 0.717) is 4.90 Å². The van der Waals surface area contributed by atoms with E-state index in [0.717, 1.165) is 16.7 Å². The van der Waals surface area contributed by atoms with Gasteiger partial charge in [-0.25, -0.2) is 4.39 Å². The van der Waals surface area contributed by atoms with Gasteiger partial charge >= 0.3 is 5.97 Å². The van der Waals surface area contributed by atoms with Crippen molar-refractivity contribution in [3.05, 3.63) is 30.1 Å². The van der Waals surface area contributed by atoms with E-state index in [-0.39, 0.29) is 18.0 Å². The lowest BCUT2D eigenvalue weighted by atomic mass is 10.3. The molecule has 1 rings (SSSR count). The van der Waals surface area contributed by atoms with E-state index in [1.54, 1.807) is 18.2 Å². The van der Waals surface area contributed by atoms with Crippen molar-refractivity contribution in [1.29, 1.82) is 0 Å². The molecule has 0 aliphatic heterocycles. The van der Waals surface area contributed by atoms with Gasteiger partial charge in [0.1, 0.15) is 12.4 Å². The highest BCUT2D eigenvalue weighted by Crippen LogP contribution is 2.21. The Morgan fingerprint density at radius 3 is 2.48 bits per heavy atom. The molecule has 0 saturated carbocycles. The highest BCUT2D eigenvalue weighted by molar-refractivity contribution is 7.99. The molecule has 0 aliphatic carbocycles. The van der Waals surface area contributed by atoms with Crippen LogP contribution in [0.15, 0.2) is 29.2 Å². The van der Waals surface area contributed by atoms with E-state index < -0.39 is 30.9 Å². The summed E-state index contributed by atoms with van der Waals surface area (Å²) in [4.78, 5) is 34.6. The van der Waals surface area contributed by atoms with Gasteiger partial charge in [-0.15, -0.1) is 11.8 Å². The van der Waals surface area contributed by atoms with Gasteiger partial charge in [0.05, 0.1) is 6.54 Å². The minimum atomic E-state index is -1.23. The molecule has 8 heteroatoms. The molecule has 2 amide bonds. The van der Waals surface area contributed by atoms with E-state index in [1.165, 1.54) is 6.07 Å². The number of hydrogen-bond acceptors (Lipinski definition) is 4. The number of carbonyl (C=O) groups is 3. The maximum atomic E-state index is 13.4. The number of carboxylic acids is 1. The summed E-state index contributed by atoms with van der Waals surface area (Å²) in [6.45, 7) is -1.04. The monoisotopic (exact) mass is 314 g/mol. The lowest BCUT2D eigenvalue weighted by Gasteiger charge is -2.18. The highest BCUT2D eigenvalue weighted by Gasteiger charge is 2.18. The van der Waals surface area contributed by atoms with E-state index in [4.69, 9.17) is 10.8 Å². The standard InChI is InChI=1S/C13H15FN2O4S/c14-9-3-1-2-4-10(9)21-6-5-12(18)16(7-11(15)17)8-13(19)20/h1-4H,5-8H2,(H2,15,17)(H,19,20). The Morgan fingerprint density at radius 2 is 1.90 bits per heavy atom. The van der Waals surface area contributed by atoms with Crippen LogP contribution in [0.25, 0.3) is 0 Å². The molecule has 0 unspecified atom stereocenters. The number of primary amides is 1. The summed E-state index contributed by atoms with van der Waals surface area (Å²) in [6.07, 6.45) is -0.0143. The number of halogens is 1. The van der Waals surface area contributed by atoms with Crippen LogP contribution < -0.4 is 5.73 Å². The molecule has 0 aliphatic rings. The van der Waals surface area contributed by atoms with Crippen molar-refractivity contribution in [2.75, 3.05) is 18.8 Å². The summed E-state index contributed by atoms with van der Waals surface area (Å²) in [5, 5.41) is 8.68. The van der Waals surface area contributed by atoms with Gasteiger partial charge in [-0.05, 0) is 12.1 Å². The van der Waals surface area contributed by atoms with Crippen LogP contribution >= 0.6 is 11.8 Å². The zero-order valence-corrected chi connectivity index (χ0v) is 11.9. The molecule has 0 radical (unpaired) electrons. The van der Waals surface area contributed by atoms with Crippen molar-refractivity contribution in [3.8, 4) is 0 Å². The fraction of sp³-hybridized carbons (Fsp3) is 0.308. The lowest BCUT2D eigenvalue weighted by molar-refractivity contribution is -0.145. The van der Waals surface area contributed by atoms with Gasteiger partial charge in [0, 0.05) is 17.1 Å². The zero-order valence-electron chi connectivity index (χ0n) is 11.1. The Balaban J connectivity index is 2.51. The van der Waals surface area contributed by atoms with Crippen molar-refractivity contribution < 1.29 is 23.9 Å². The summed E-state index contributed by atoms with van der Waals surface area (Å²) in [6, 6.07) is 6.14. The summed E-state index contributed by atoms with van der Waals surface area (Å²) in [5.74, 6) is -2.64. The third-order valence-corrected chi connectivity index (χ3v) is 3.49. The molecule has 0 spiro atoms. The molecule has 6 nitrogen and oxygen atoms in total. The second-order valence-corrected chi connectivity index (χ2v) is 5.28. The number of hydrogen-bond donors (Lipinski definition) is 2. The number of rotatable bonds is 8. The second-order valence-electron chi connectivity index (χ2n) is 4.14. The Hall–Kier alpha value is -2.09. The molecule has 0 heterocycles. The van der Waals surface area contributed by atoms with Crippen LogP contribution in [0, 0.1) is 5.82 Å². The predicted octanol–water partition coefficient (Wildman–Crippen LogP) is 0.706. The van der Waals surface area contributed by atoms with Crippen molar-refractivity contribution >= 4 is 29.5 Å². The van der Waals surface area contributed by atoms with Crippen LogP contribution in [0.4, 0.5) is 4.39 Å². The minimum Gasteiger partial charge on any atom is -0.480 e. The van der Waals surface area contributed by atoms with E-state index in [2.05, 4.69) is 0 Å². The zero-order chi connectivity index (χ0) is 15.8. The van der Waals surface area contributed by atoms with Gasteiger partial charge in [-0.2, -0.15) is 0 Å². The number of nitrogens with zero attached hydrogens (tertiary/aromatic N) is 1. The van der Waals surface area contributed by atoms with Crippen molar-refractivity contribution in [3.63, 3.8) is 0 Å². The van der Waals surface area contributed by atoms with Crippen molar-refractivity contribution in [2.45, 2.75) is 11.3 Å². The number of aliphatic carboxylic acids is 1. The van der Waals surface area contributed by atoms with Gasteiger partial charge in [0.25, 0.3) is 0 Å². The van der Waals surface area contributed by atoms with Crippen LogP contribution in [0.5, 0.6) is 0 Å². The maximum absolute atomic E-state index is 13.4. The van der Waals surface area contributed by atoms with Crippen molar-refractivity contribution in [1.82, 2.24) is 4.90 Å². The number of carbonyl (C=O) groups excluding carboxylic acids is 2. The molecule has 0 atom stereocenters. The first kappa shape index (κ1) is 17.0. The third kappa shape index (κ3) is 6.26. The molecule has 0 fully saturated rings. The summed E-state index contributed by atoms with van der Waals surface area (Å²) in [7, 11) is 0. The second kappa shape index (κ2) is 8.25. The first-order chi connectivity index (χ1) is 9.90. The maximum Gasteiger partial charge on any atom is 0.323 e. The number of benzene rings is 1. The molecule has 0 bridgehead atoms. The number of amides is 2. The van der Waals surface area contributed by atoms with Crippen LogP contribution in [0.2, 0.25) is 0 Å². The van der Waals surface area contributed by atoms with Gasteiger partial charge in [-0.3, -0.25) is 14.4 Å². The Labute approximate surface area is 125 Å². The van der Waals surface area contributed by atoms with Gasteiger partial charge in [-0.1, -0.05) is 12.1 Å². The van der Waals surface area contributed by atoms with Gasteiger partial charge in [0.2, 0.25) is 11.8 Å². The first-order valence-electron chi connectivity index (χ1n) is 6.05. The molecule has 3 N–H and O–H groups in total. The molecule has 1 aromatic rings. The Kier molecular flexibility index (Phi) is 6.67. The lowest BCUT2D eigenvalue weighted by Crippen LogP contribution is -2.41. The summed E-state index contributed by atoms with van der Waals surface area (Å²) < 4.78 is 13.4. The van der Waals surface area contributed by atoms with E-state index in [9.17, 15) is 18.8 Å². The largest absolute Gasteiger partial charge is 0.480 e. The van der Waals surface area contributed by atoms with Crippen molar-refractivity contribution in [2.24, 2.45) is 5.73 Å². The normalized spacial score (nSPS) is 10.1. The molecule has 0 saturated heterocycles. The molecule has 1 aromatic carbocycles. The van der Waals surface area contributed by atoms with E-state index >= 15 is 0 Å². The Morgan fingerprint density at radius 1 is 1.24 bits per heavy atom. The van der Waals surface area contributed by atoms with Crippen LogP contribution in [0.1, 0.15) is 6.42 Å². The molecule has 0 aromatic heterocycles. The van der Waals surface area contributed by atoms with Crippen LogP contribution in [0.3, 0.4) is 0 Å². The molecular weight excluding hydrogens is 299 g/mol. The SMILES string of the molecule is NC(=O)CN(CC(=O)O)C(=O)CCSc1ccccc1F. The summed E-state index contributed by atoms with van der Waals surface area (Å²) >= 11 is 1.14. The number of thioether (sulfide) groups is 1. The van der Waals surface area contributed by atoms with E-state index in [1.807, 2.05) is 0 Å². The van der Waals surface area contributed by atoms with Gasteiger partial charge < -0.3 is 15.7 Å². The molecular formula is C13H15FN2O4S. The first-order valence-corrected chi connectivity index (χ1v) is 7.04. The highest BCUT2D eigenvalue weighted by atomic mass is 32.2. The van der Waals surface area contributed by atoms with Gasteiger partial charge in [0.15, 0.2) is 0 Å². The average molecular weight is 314 g/mol. The molecule has 114 valence electrons. The fourth-order valence-electron chi connectivity index (χ4n) is 1.55. The predicted molar refractivity (Wildman–Crippen MR) is 75.2 cm³/mol. The quantitative estimate of drug-likeness (QED) is 0.688. The minimum absolute atomic E-state index is 0.0143. The average Bonchev–Trinajstić information content (AvgIpc) is 2.39. The topological polar surface area (TPSA) is 101 Å². The number of carboxylic acid groups (broad SMARTS) is 1. The Bertz CT molecular complexity index is 523. The van der Waals surface area contributed by atoms with Crippen LogP contribution in [-0.2, 0) is 14.4 Å².